The van der Waals surface area contributed by atoms with E-state index in [1.54, 1.807) is 0 Å². The third-order valence-corrected chi connectivity index (χ3v) is 9.18. The number of rotatable bonds is 33. The summed E-state index contributed by atoms with van der Waals surface area (Å²) in [7, 11) is 0. The highest BCUT2D eigenvalue weighted by atomic mass is 16.7. The fourth-order valence-corrected chi connectivity index (χ4v) is 6.01. The van der Waals surface area contributed by atoms with E-state index in [-0.39, 0.29) is 19.2 Å². The zero-order valence-electron chi connectivity index (χ0n) is 30.7. The van der Waals surface area contributed by atoms with Crippen LogP contribution in [0.2, 0.25) is 0 Å². The van der Waals surface area contributed by atoms with Crippen molar-refractivity contribution in [2.24, 2.45) is 0 Å². The van der Waals surface area contributed by atoms with Crippen LogP contribution >= 0.6 is 0 Å². The van der Waals surface area contributed by atoms with Gasteiger partial charge >= 0.3 is 5.97 Å². The molecule has 0 saturated carbocycles. The predicted octanol–water partition coefficient (Wildman–Crippen LogP) is 7.69. The average molecular weight is 687 g/mol. The molecule has 1 aliphatic heterocycles. The van der Waals surface area contributed by atoms with E-state index in [1.807, 2.05) is 0 Å². The van der Waals surface area contributed by atoms with Crippen molar-refractivity contribution >= 4 is 5.97 Å². The molecule has 0 bridgehead atoms. The molecule has 6 unspecified atom stereocenters. The summed E-state index contributed by atoms with van der Waals surface area (Å²) in [5.41, 5.74) is 0. The van der Waals surface area contributed by atoms with E-state index in [2.05, 4.69) is 26.0 Å². The Labute approximate surface area is 293 Å². The molecule has 1 aliphatic rings. The second-order valence-corrected chi connectivity index (χ2v) is 13.7. The molecule has 1 rings (SSSR count). The highest BCUT2D eigenvalue weighted by Gasteiger charge is 2.44. The van der Waals surface area contributed by atoms with E-state index in [9.17, 15) is 25.2 Å². The number of aliphatic hydroxyl groups excluding tert-OH is 4. The van der Waals surface area contributed by atoms with Gasteiger partial charge < -0.3 is 39.4 Å². The van der Waals surface area contributed by atoms with Crippen LogP contribution in [0.4, 0.5) is 0 Å². The van der Waals surface area contributed by atoms with Crippen LogP contribution in [0.1, 0.15) is 168 Å². The minimum Gasteiger partial charge on any atom is -0.457 e. The van der Waals surface area contributed by atoms with Crippen LogP contribution in [-0.4, -0.2) is 89.6 Å². The zero-order chi connectivity index (χ0) is 35.1. The van der Waals surface area contributed by atoms with Crippen molar-refractivity contribution in [3.05, 3.63) is 12.2 Å². The van der Waals surface area contributed by atoms with Crippen LogP contribution in [-0.2, 0) is 23.7 Å². The van der Waals surface area contributed by atoms with Crippen LogP contribution < -0.4 is 0 Å². The average Bonchev–Trinajstić information content (AvgIpc) is 3.08. The van der Waals surface area contributed by atoms with Crippen molar-refractivity contribution in [1.29, 1.82) is 0 Å². The Balaban J connectivity index is 2.29. The Kier molecular flexibility index (Phi) is 29.9. The number of unbranched alkanes of at least 4 members (excludes halogenated alkanes) is 20. The van der Waals surface area contributed by atoms with Crippen molar-refractivity contribution in [1.82, 2.24) is 0 Å². The number of carbonyl (C=O) groups is 1. The van der Waals surface area contributed by atoms with Gasteiger partial charge in [0.25, 0.3) is 0 Å². The number of esters is 1. The molecule has 9 heteroatoms. The molecule has 4 N–H and O–H groups in total. The van der Waals surface area contributed by atoms with Crippen LogP contribution in [0.3, 0.4) is 0 Å². The Morgan fingerprint density at radius 2 is 1.15 bits per heavy atom. The molecule has 0 aromatic rings. The number of aliphatic hydroxyl groups is 4. The maximum atomic E-state index is 12.6. The van der Waals surface area contributed by atoms with Gasteiger partial charge in [-0.3, -0.25) is 4.79 Å². The monoisotopic (exact) mass is 687 g/mol. The van der Waals surface area contributed by atoms with E-state index in [4.69, 9.17) is 18.9 Å². The predicted molar refractivity (Wildman–Crippen MR) is 192 cm³/mol. The van der Waals surface area contributed by atoms with E-state index < -0.39 is 43.4 Å². The molecular weight excluding hydrogens is 612 g/mol. The van der Waals surface area contributed by atoms with Crippen molar-refractivity contribution in [3.63, 3.8) is 0 Å². The Hall–Kier alpha value is -1.07. The van der Waals surface area contributed by atoms with Crippen molar-refractivity contribution in [2.45, 2.75) is 205 Å². The minimum absolute atomic E-state index is 0.112. The first-order valence-corrected chi connectivity index (χ1v) is 19.8. The lowest BCUT2D eigenvalue weighted by Crippen LogP contribution is -2.59. The number of hydrogen-bond acceptors (Lipinski definition) is 9. The first-order chi connectivity index (χ1) is 23.4. The summed E-state index contributed by atoms with van der Waals surface area (Å²) in [4.78, 5) is 12.6. The van der Waals surface area contributed by atoms with Gasteiger partial charge in [0.15, 0.2) is 6.29 Å². The van der Waals surface area contributed by atoms with Gasteiger partial charge in [-0.1, -0.05) is 135 Å². The number of carbonyl (C=O) groups excluding carboxylic acids is 1. The summed E-state index contributed by atoms with van der Waals surface area (Å²) in [6.45, 7) is 4.52. The largest absolute Gasteiger partial charge is 0.457 e. The zero-order valence-corrected chi connectivity index (χ0v) is 30.7. The van der Waals surface area contributed by atoms with Crippen molar-refractivity contribution in [2.75, 3.05) is 26.4 Å². The summed E-state index contributed by atoms with van der Waals surface area (Å²) < 4.78 is 22.7. The molecule has 0 radical (unpaired) electrons. The Morgan fingerprint density at radius 1 is 0.646 bits per heavy atom. The lowest BCUT2D eigenvalue weighted by molar-refractivity contribution is -0.305. The minimum atomic E-state index is -1.53. The second-order valence-electron chi connectivity index (χ2n) is 13.7. The topological polar surface area (TPSA) is 135 Å². The summed E-state index contributed by atoms with van der Waals surface area (Å²) in [6, 6.07) is 0. The molecule has 1 fully saturated rings. The van der Waals surface area contributed by atoms with Gasteiger partial charge in [0.2, 0.25) is 0 Å². The van der Waals surface area contributed by atoms with Crippen LogP contribution in [0, 0.1) is 0 Å². The SMILES string of the molecule is CCCCCCCC/C=C\CCCCCCCCOCC(COC1OC(CO)C(O)C(O)C1O)OC(=O)CCCCCCCCCCC. The van der Waals surface area contributed by atoms with Crippen LogP contribution in [0.25, 0.3) is 0 Å². The van der Waals surface area contributed by atoms with Gasteiger partial charge in [0, 0.05) is 13.0 Å². The van der Waals surface area contributed by atoms with E-state index in [1.165, 1.54) is 116 Å². The Morgan fingerprint density at radius 3 is 1.69 bits per heavy atom. The number of hydrogen-bond donors (Lipinski definition) is 4. The molecule has 0 aromatic carbocycles. The molecule has 0 amide bonds. The fourth-order valence-electron chi connectivity index (χ4n) is 6.01. The Bertz CT molecular complexity index is 747. The molecule has 0 aromatic heterocycles. The van der Waals surface area contributed by atoms with E-state index in [0.29, 0.717) is 13.0 Å². The van der Waals surface area contributed by atoms with Crippen LogP contribution in [0.15, 0.2) is 12.2 Å². The van der Waals surface area contributed by atoms with E-state index >= 15 is 0 Å². The maximum Gasteiger partial charge on any atom is 0.306 e. The highest BCUT2D eigenvalue weighted by Crippen LogP contribution is 2.22. The second kappa shape index (κ2) is 31.9. The molecule has 0 aliphatic carbocycles. The molecule has 9 nitrogen and oxygen atoms in total. The molecule has 284 valence electrons. The summed E-state index contributed by atoms with van der Waals surface area (Å²) in [5.74, 6) is -0.318. The van der Waals surface area contributed by atoms with Gasteiger partial charge in [-0.2, -0.15) is 0 Å². The first-order valence-electron chi connectivity index (χ1n) is 19.8. The summed E-state index contributed by atoms with van der Waals surface area (Å²) in [6.07, 6.45) is 25.3. The molecule has 48 heavy (non-hydrogen) atoms. The van der Waals surface area contributed by atoms with Gasteiger partial charge in [0.1, 0.15) is 30.5 Å². The summed E-state index contributed by atoms with van der Waals surface area (Å²) >= 11 is 0. The quantitative estimate of drug-likeness (QED) is 0.0311. The summed E-state index contributed by atoms with van der Waals surface area (Å²) in [5, 5.41) is 39.9. The lowest BCUT2D eigenvalue weighted by atomic mass is 9.99. The molecule has 0 spiro atoms. The first kappa shape index (κ1) is 45.0. The van der Waals surface area contributed by atoms with Gasteiger partial charge in [0.05, 0.1) is 19.8 Å². The molecular formula is C39H74O9. The van der Waals surface area contributed by atoms with Gasteiger partial charge in [-0.25, -0.2) is 0 Å². The molecule has 6 atom stereocenters. The molecule has 1 heterocycles. The smallest absolute Gasteiger partial charge is 0.306 e. The lowest BCUT2D eigenvalue weighted by Gasteiger charge is -2.39. The highest BCUT2D eigenvalue weighted by molar-refractivity contribution is 5.69. The van der Waals surface area contributed by atoms with Crippen molar-refractivity contribution < 1.29 is 44.2 Å². The van der Waals surface area contributed by atoms with Gasteiger partial charge in [-0.15, -0.1) is 0 Å². The normalized spacial score (nSPS) is 22.0. The standard InChI is InChI=1S/C39H74O9/c1-3-5-7-9-11-13-14-15-16-17-18-19-21-23-25-27-29-45-31-33(32-46-39-38(44)37(43)36(42)34(30-40)48-39)47-35(41)28-26-24-22-20-12-10-8-6-4-2/h15-16,33-34,36-40,42-44H,3-14,17-32H2,1-2H3/b16-15-. The molecule has 1 saturated heterocycles. The van der Waals surface area contributed by atoms with Crippen molar-refractivity contribution in [3.8, 4) is 0 Å². The third-order valence-electron chi connectivity index (χ3n) is 9.18. The van der Waals surface area contributed by atoms with E-state index in [0.717, 1.165) is 32.1 Å². The van der Waals surface area contributed by atoms with Gasteiger partial charge in [-0.05, 0) is 38.5 Å². The maximum absolute atomic E-state index is 12.6. The number of ether oxygens (including phenoxy) is 4. The van der Waals surface area contributed by atoms with Crippen LogP contribution in [0.5, 0.6) is 0 Å². The number of allylic oxidation sites excluding steroid dienone is 2. The fraction of sp³-hybridized carbons (Fsp3) is 0.923. The third kappa shape index (κ3) is 23.4.